The molecular weight excluding hydrogens is 1180 g/mol. The van der Waals surface area contributed by atoms with Crippen LogP contribution in [0.15, 0.2) is 127 Å². The van der Waals surface area contributed by atoms with Crippen LogP contribution in [0.1, 0.15) is 64.5 Å². The molecule has 0 saturated carbocycles. The summed E-state index contributed by atoms with van der Waals surface area (Å²) >= 11 is 0. The number of methoxy groups -OCH3 is 5. The Morgan fingerprint density at radius 2 is 0.747 bits per heavy atom. The average molecular weight is 1250 g/mol. The lowest BCUT2D eigenvalue weighted by atomic mass is 9.89. The second kappa shape index (κ2) is 26.2. The van der Waals surface area contributed by atoms with Crippen LogP contribution in [-0.2, 0) is 60.1 Å². The number of nitrogens with zero attached hydrogens (tertiary/aromatic N) is 5. The number of aromatic hydroxyl groups is 1. The van der Waals surface area contributed by atoms with Gasteiger partial charge in [0.15, 0.2) is 16.6 Å². The molecule has 0 aromatic heterocycles. The third kappa shape index (κ3) is 12.3. The quantitative estimate of drug-likeness (QED) is 0.0515. The van der Waals surface area contributed by atoms with E-state index in [0.717, 1.165) is 26.5 Å². The summed E-state index contributed by atoms with van der Waals surface area (Å²) in [6.07, 6.45) is 0. The molecule has 6 aliphatic heterocycles. The van der Waals surface area contributed by atoms with Gasteiger partial charge in [0.2, 0.25) is 0 Å². The molecule has 91 heavy (non-hydrogen) atoms. The van der Waals surface area contributed by atoms with E-state index >= 15 is 0 Å². The zero-order valence-corrected chi connectivity index (χ0v) is 50.9. The topological polar surface area (TPSA) is 303 Å². The summed E-state index contributed by atoms with van der Waals surface area (Å²) in [6.45, 7) is 2.65. The smallest absolute Gasteiger partial charge is 0.325 e. The number of rotatable bonds is 20. The maximum absolute atomic E-state index is 13.2. The molecule has 5 N–H and O–H groups in total. The standard InChI is InChI=1S/C23H25N3O6.C22H23N3O6.C20H19N3O5/c1-25-21(28)23(24-22(25)29,16-5-8-17(9-6-16)32-11-10-30-2)14-26-13-15-4-7-18(31-3)12-19(15)20(26)27;1-29-9-10-31-16-7-4-15(5-8-16)22(20(27)23-21(28)24-22)13-25-12-14-3-6-17(30-2)11-18(14)19(25)26;1-22-18(26)20(21-19(22)27,13-4-6-14(24)7-5-13)11-23-10-12-3-8-15(28-2)9-16(12)17(23)25/h4-9,12H,10-11,13-14H2,1-3H3,(H,24,29);3-8,11H,9-10,12-13H2,1-2H3,(H2,23,24,27,28);3-9,24H,10-11H2,1-2H3,(H,21,27)/t23-;22-;20-/m000/s1. The van der Waals surface area contributed by atoms with Crippen molar-refractivity contribution in [2.45, 2.75) is 36.3 Å². The van der Waals surface area contributed by atoms with Crippen molar-refractivity contribution < 1.29 is 81.4 Å². The van der Waals surface area contributed by atoms with Crippen molar-refractivity contribution in [2.75, 3.05) is 95.7 Å². The van der Waals surface area contributed by atoms with E-state index in [9.17, 15) is 48.3 Å². The van der Waals surface area contributed by atoms with Crippen molar-refractivity contribution in [1.82, 2.24) is 45.8 Å². The number of imide groups is 3. The lowest BCUT2D eigenvalue weighted by Gasteiger charge is -2.31. The molecule has 12 rings (SSSR count). The number of phenolic OH excluding ortho intramolecular Hbond substituents is 1. The summed E-state index contributed by atoms with van der Waals surface area (Å²) in [5.74, 6) is 0.962. The molecule has 6 aromatic carbocycles. The minimum atomic E-state index is -1.42. The Labute approximate surface area is 522 Å². The third-order valence-electron chi connectivity index (χ3n) is 16.6. The van der Waals surface area contributed by atoms with E-state index in [0.29, 0.717) is 108 Å². The van der Waals surface area contributed by atoms with Gasteiger partial charge < -0.3 is 68.9 Å². The highest BCUT2D eigenvalue weighted by atomic mass is 16.5. The lowest BCUT2D eigenvalue weighted by Crippen LogP contribution is -2.52. The van der Waals surface area contributed by atoms with Gasteiger partial charge in [-0.1, -0.05) is 54.6 Å². The number of fused-ring (bicyclic) bond motifs is 3. The molecule has 0 bridgehead atoms. The van der Waals surface area contributed by atoms with Gasteiger partial charge in [-0.15, -0.1) is 0 Å². The number of carbonyl (C=O) groups excluding carboxylic acids is 9. The molecule has 6 aliphatic rings. The molecule has 6 heterocycles. The van der Waals surface area contributed by atoms with Crippen molar-refractivity contribution in [2.24, 2.45) is 0 Å². The highest BCUT2D eigenvalue weighted by Crippen LogP contribution is 2.38. The molecule has 474 valence electrons. The number of carbonyl (C=O) groups is 9. The van der Waals surface area contributed by atoms with E-state index < -0.39 is 52.4 Å². The fourth-order valence-corrected chi connectivity index (χ4v) is 11.6. The number of amides is 12. The fraction of sp³-hybridized carbons (Fsp3) is 0.308. The zero-order valence-electron chi connectivity index (χ0n) is 50.9. The largest absolute Gasteiger partial charge is 0.508 e. The van der Waals surface area contributed by atoms with Crippen LogP contribution in [0.4, 0.5) is 14.4 Å². The maximum atomic E-state index is 13.2. The van der Waals surface area contributed by atoms with Crippen LogP contribution in [0.25, 0.3) is 0 Å². The summed E-state index contributed by atoms with van der Waals surface area (Å²) in [5.41, 5.74) is 1.51. The second-order valence-electron chi connectivity index (χ2n) is 22.0. The van der Waals surface area contributed by atoms with Crippen LogP contribution in [0, 0.1) is 0 Å². The number of likely N-dealkylation sites (N-methyl/N-ethyl adjacent to an activating group) is 2. The van der Waals surface area contributed by atoms with Crippen LogP contribution < -0.4 is 45.0 Å². The van der Waals surface area contributed by atoms with Gasteiger partial charge in [-0.25, -0.2) is 14.4 Å². The Morgan fingerprint density at radius 3 is 1.05 bits per heavy atom. The molecular formula is C65H67N9O17. The van der Waals surface area contributed by atoms with E-state index in [2.05, 4.69) is 21.3 Å². The van der Waals surface area contributed by atoms with Gasteiger partial charge in [0, 0.05) is 64.6 Å². The number of urea groups is 3. The van der Waals surface area contributed by atoms with Gasteiger partial charge in [-0.05, 0) is 106 Å². The predicted octanol–water partition coefficient (Wildman–Crippen LogP) is 4.60. The molecule has 3 saturated heterocycles. The number of hydrogen-bond donors (Lipinski definition) is 5. The third-order valence-corrected chi connectivity index (χ3v) is 16.6. The van der Waals surface area contributed by atoms with Crippen molar-refractivity contribution in [3.05, 3.63) is 177 Å². The SMILES string of the molecule is COCCOc1ccc([C@]2(CN3Cc4ccc(OC)cc4C3=O)NC(=O)N(C)C2=O)cc1.COCCOc1ccc([C@]2(CN3Cc4ccc(OC)cc4C3=O)NC(=O)NC2=O)cc1.COc1ccc2c(c1)C(=O)N(C[C@@]1(c3ccc(O)cc3)NC(=O)N(C)C1=O)C2. The maximum Gasteiger partial charge on any atom is 0.325 e. The van der Waals surface area contributed by atoms with Gasteiger partial charge in [0.1, 0.15) is 47.7 Å². The summed E-state index contributed by atoms with van der Waals surface area (Å²) in [5, 5.41) is 20.2. The first-order valence-corrected chi connectivity index (χ1v) is 28.7. The zero-order chi connectivity index (χ0) is 64.9. The Balaban J connectivity index is 0.000000150. The first kappa shape index (κ1) is 63.3. The van der Waals surface area contributed by atoms with Crippen LogP contribution >= 0.6 is 0 Å². The minimum Gasteiger partial charge on any atom is -0.508 e. The van der Waals surface area contributed by atoms with Crippen molar-refractivity contribution in [1.29, 1.82) is 0 Å². The van der Waals surface area contributed by atoms with Gasteiger partial charge in [-0.2, -0.15) is 0 Å². The van der Waals surface area contributed by atoms with Crippen molar-refractivity contribution in [3.8, 4) is 34.5 Å². The van der Waals surface area contributed by atoms with E-state index in [1.807, 2.05) is 18.2 Å². The van der Waals surface area contributed by atoms with E-state index in [4.69, 9.17) is 33.2 Å². The van der Waals surface area contributed by atoms with Gasteiger partial charge in [0.05, 0.1) is 54.2 Å². The van der Waals surface area contributed by atoms with Gasteiger partial charge in [-0.3, -0.25) is 43.9 Å². The summed E-state index contributed by atoms with van der Waals surface area (Å²) < 4.78 is 36.7. The van der Waals surface area contributed by atoms with Crippen LogP contribution in [0.2, 0.25) is 0 Å². The Hall–Kier alpha value is -10.7. The Kier molecular flexibility index (Phi) is 18.2. The van der Waals surface area contributed by atoms with E-state index in [1.165, 1.54) is 45.3 Å². The first-order valence-electron chi connectivity index (χ1n) is 28.7. The minimum absolute atomic E-state index is 0.00161. The Morgan fingerprint density at radius 1 is 0.418 bits per heavy atom. The molecule has 12 amide bonds. The molecule has 26 nitrogen and oxygen atoms in total. The number of phenols is 1. The van der Waals surface area contributed by atoms with Gasteiger partial charge in [0.25, 0.3) is 35.4 Å². The molecule has 6 aromatic rings. The summed E-state index contributed by atoms with van der Waals surface area (Å²) in [6, 6.07) is 34.1. The molecule has 26 heteroatoms. The van der Waals surface area contributed by atoms with E-state index in [1.54, 1.807) is 128 Å². The predicted molar refractivity (Wildman–Crippen MR) is 323 cm³/mol. The normalized spacial score (nSPS) is 20.3. The Bertz CT molecular complexity index is 3850. The molecule has 3 atom stereocenters. The van der Waals surface area contributed by atoms with Crippen LogP contribution in [0.5, 0.6) is 34.5 Å². The molecule has 0 unspecified atom stereocenters. The van der Waals surface area contributed by atoms with Crippen molar-refractivity contribution in [3.63, 3.8) is 0 Å². The lowest BCUT2D eigenvalue weighted by molar-refractivity contribution is -0.132. The average Bonchev–Trinajstić information content (AvgIpc) is 1.63. The molecule has 0 aliphatic carbocycles. The fourth-order valence-electron chi connectivity index (χ4n) is 11.6. The van der Waals surface area contributed by atoms with Crippen LogP contribution in [-0.4, -0.2) is 179 Å². The number of ether oxygens (including phenoxy) is 7. The second-order valence-corrected chi connectivity index (χ2v) is 22.0. The monoisotopic (exact) mass is 1250 g/mol. The van der Waals surface area contributed by atoms with E-state index in [-0.39, 0.29) is 43.1 Å². The number of benzene rings is 6. The van der Waals surface area contributed by atoms with Crippen LogP contribution in [0.3, 0.4) is 0 Å². The highest BCUT2D eigenvalue weighted by Gasteiger charge is 2.55. The van der Waals surface area contributed by atoms with Gasteiger partial charge >= 0.3 is 18.1 Å². The molecule has 0 radical (unpaired) electrons. The first-order chi connectivity index (χ1) is 43.7. The number of nitrogens with one attached hydrogen (secondary N) is 4. The summed E-state index contributed by atoms with van der Waals surface area (Å²) in [7, 11) is 10.6. The molecule has 0 spiro atoms. The number of hydrogen-bond acceptors (Lipinski definition) is 17. The van der Waals surface area contributed by atoms with Crippen molar-refractivity contribution >= 4 is 53.5 Å². The molecule has 3 fully saturated rings. The summed E-state index contributed by atoms with van der Waals surface area (Å²) in [4.78, 5) is 122. The highest BCUT2D eigenvalue weighted by molar-refractivity contribution is 6.10.